The monoisotopic (exact) mass is 468 g/mol. The number of ether oxygens (including phenoxy) is 2. The van der Waals surface area contributed by atoms with Gasteiger partial charge in [0.15, 0.2) is 11.5 Å². The van der Waals surface area contributed by atoms with Crippen LogP contribution in [0.4, 0.5) is 0 Å². The summed E-state index contributed by atoms with van der Waals surface area (Å²) in [6.45, 7) is 2.18. The van der Waals surface area contributed by atoms with Crippen LogP contribution in [0.2, 0.25) is 0 Å². The van der Waals surface area contributed by atoms with Gasteiger partial charge in [-0.05, 0) is 47.9 Å². The van der Waals surface area contributed by atoms with Gasteiger partial charge in [-0.1, -0.05) is 18.2 Å². The molecule has 172 valence electrons. The van der Waals surface area contributed by atoms with Gasteiger partial charge < -0.3 is 14.5 Å². The van der Waals surface area contributed by atoms with Crippen LogP contribution in [0.1, 0.15) is 39.2 Å². The van der Waals surface area contributed by atoms with E-state index in [1.165, 1.54) is 7.11 Å². The largest absolute Gasteiger partial charge is 0.493 e. The lowest BCUT2D eigenvalue weighted by Crippen LogP contribution is -2.37. The quantitative estimate of drug-likeness (QED) is 0.508. The number of amides is 2. The smallest absolute Gasteiger partial charge is 0.262 e. The van der Waals surface area contributed by atoms with Crippen LogP contribution in [0.15, 0.2) is 54.9 Å². The minimum Gasteiger partial charge on any atom is -0.493 e. The maximum absolute atomic E-state index is 13.6. The van der Waals surface area contributed by atoms with Crippen LogP contribution in [0, 0.1) is 0 Å². The molecule has 1 N–H and O–H groups in total. The fraction of sp³-hybridized carbons (Fsp3) is 0.250. The molecule has 0 fully saturated rings. The summed E-state index contributed by atoms with van der Waals surface area (Å²) in [5, 5.41) is 0. The van der Waals surface area contributed by atoms with Crippen molar-refractivity contribution < 1.29 is 27.5 Å². The Hall–Kier alpha value is -3.59. The number of nitrogens with one attached hydrogen (secondary N) is 1. The van der Waals surface area contributed by atoms with Crippen LogP contribution in [0.5, 0.6) is 11.5 Å². The third-order valence-electron chi connectivity index (χ3n) is 5.50. The predicted molar refractivity (Wildman–Crippen MR) is 123 cm³/mol. The molecule has 4 rings (SSSR count). The number of carbonyl (C=O) groups excluding carboxylic acids is 2. The molecule has 2 heterocycles. The number of hydrogen-bond acceptors (Lipinski definition) is 6. The summed E-state index contributed by atoms with van der Waals surface area (Å²) < 4.78 is 35.6. The van der Waals surface area contributed by atoms with Gasteiger partial charge in [-0.25, -0.2) is 8.42 Å². The van der Waals surface area contributed by atoms with Crippen LogP contribution in [-0.4, -0.2) is 55.8 Å². The molecule has 2 aromatic carbocycles. The molecule has 9 heteroatoms. The Bertz CT molecular complexity index is 1310. The highest BCUT2D eigenvalue weighted by Crippen LogP contribution is 2.39. The first-order valence-electron chi connectivity index (χ1n) is 10.4. The number of nitrogens with zero attached hydrogens (tertiary/aromatic N) is 1. The molecular formula is C24H24N2O6S. The molecule has 0 radical (unpaired) electrons. The van der Waals surface area contributed by atoms with Gasteiger partial charge in [0.05, 0.1) is 36.6 Å². The first-order chi connectivity index (χ1) is 15.7. The van der Waals surface area contributed by atoms with Crippen LogP contribution in [0.25, 0.3) is 11.1 Å². The Morgan fingerprint density at radius 2 is 1.79 bits per heavy atom. The molecule has 1 aliphatic rings. The molecule has 1 unspecified atom stereocenters. The zero-order valence-corrected chi connectivity index (χ0v) is 19.3. The highest BCUT2D eigenvalue weighted by Gasteiger charge is 2.43. The molecule has 0 saturated heterocycles. The number of benzene rings is 2. The first kappa shape index (κ1) is 22.6. The third kappa shape index (κ3) is 4.23. The van der Waals surface area contributed by atoms with E-state index in [0.717, 1.165) is 16.7 Å². The standard InChI is InChI=1S/C24H24N2O6S/c1-4-32-21-12-15(8-9-20(21)31-2)19(14-33(3,29)30)26-23(27)18-7-5-6-17(22(18)24(26)28)16-10-11-25-13-16/h5-13,19,25H,4,14H2,1-3H3. The fourth-order valence-corrected chi connectivity index (χ4v) is 5.01. The lowest BCUT2D eigenvalue weighted by atomic mass is 9.98. The van der Waals surface area contributed by atoms with E-state index in [1.807, 2.05) is 13.0 Å². The fourth-order valence-electron chi connectivity index (χ4n) is 4.09. The molecule has 3 aromatic rings. The maximum atomic E-state index is 13.6. The van der Waals surface area contributed by atoms with Gasteiger partial charge in [0.2, 0.25) is 0 Å². The summed E-state index contributed by atoms with van der Waals surface area (Å²) in [7, 11) is -2.06. The average Bonchev–Trinajstić information content (AvgIpc) is 3.39. The van der Waals surface area contributed by atoms with E-state index in [9.17, 15) is 18.0 Å². The van der Waals surface area contributed by atoms with Crippen molar-refractivity contribution >= 4 is 21.7 Å². The summed E-state index contributed by atoms with van der Waals surface area (Å²) in [4.78, 5) is 31.0. The van der Waals surface area contributed by atoms with Crippen molar-refractivity contribution in [2.24, 2.45) is 0 Å². The molecule has 0 saturated carbocycles. The van der Waals surface area contributed by atoms with E-state index in [2.05, 4.69) is 4.98 Å². The molecule has 0 aliphatic carbocycles. The Morgan fingerprint density at radius 3 is 2.42 bits per heavy atom. The summed E-state index contributed by atoms with van der Waals surface area (Å²) in [5.74, 6) is -0.615. The Labute approximate surface area is 192 Å². The van der Waals surface area contributed by atoms with Crippen molar-refractivity contribution in [1.29, 1.82) is 0 Å². The first-order valence-corrected chi connectivity index (χ1v) is 12.4. The molecule has 1 atom stereocenters. The molecule has 1 aromatic heterocycles. The number of fused-ring (bicyclic) bond motifs is 1. The van der Waals surface area contributed by atoms with E-state index in [0.29, 0.717) is 29.2 Å². The molecule has 8 nitrogen and oxygen atoms in total. The highest BCUT2D eigenvalue weighted by molar-refractivity contribution is 7.90. The summed E-state index contributed by atoms with van der Waals surface area (Å²) in [6, 6.07) is 10.7. The van der Waals surface area contributed by atoms with Crippen molar-refractivity contribution in [3.63, 3.8) is 0 Å². The summed E-state index contributed by atoms with van der Waals surface area (Å²) >= 11 is 0. The minimum atomic E-state index is -3.56. The zero-order valence-electron chi connectivity index (χ0n) is 18.5. The molecular weight excluding hydrogens is 444 g/mol. The van der Waals surface area contributed by atoms with Crippen LogP contribution >= 0.6 is 0 Å². The maximum Gasteiger partial charge on any atom is 0.262 e. The second-order valence-corrected chi connectivity index (χ2v) is 9.94. The predicted octanol–water partition coefficient (Wildman–Crippen LogP) is 3.47. The van der Waals surface area contributed by atoms with Crippen molar-refractivity contribution in [2.75, 3.05) is 25.7 Å². The molecule has 33 heavy (non-hydrogen) atoms. The van der Waals surface area contributed by atoms with Crippen LogP contribution < -0.4 is 9.47 Å². The van der Waals surface area contributed by atoms with Crippen molar-refractivity contribution in [2.45, 2.75) is 13.0 Å². The lowest BCUT2D eigenvalue weighted by Gasteiger charge is -2.27. The Balaban J connectivity index is 1.84. The highest BCUT2D eigenvalue weighted by atomic mass is 32.2. The van der Waals surface area contributed by atoms with Gasteiger partial charge in [0.25, 0.3) is 11.8 Å². The van der Waals surface area contributed by atoms with Crippen molar-refractivity contribution in [3.8, 4) is 22.6 Å². The number of aromatic nitrogens is 1. The number of imide groups is 1. The van der Waals surface area contributed by atoms with Gasteiger partial charge in [-0.3, -0.25) is 14.5 Å². The van der Waals surface area contributed by atoms with Crippen molar-refractivity contribution in [3.05, 3.63) is 71.5 Å². The number of sulfone groups is 1. The van der Waals surface area contributed by atoms with Gasteiger partial charge >= 0.3 is 0 Å². The van der Waals surface area contributed by atoms with Crippen LogP contribution in [-0.2, 0) is 9.84 Å². The number of H-pyrrole nitrogens is 1. The molecule has 0 spiro atoms. The van der Waals surface area contributed by atoms with E-state index in [1.54, 1.807) is 48.8 Å². The average molecular weight is 469 g/mol. The summed E-state index contributed by atoms with van der Waals surface area (Å²) in [6.07, 6.45) is 4.55. The number of methoxy groups -OCH3 is 1. The molecule has 0 bridgehead atoms. The van der Waals surface area contributed by atoms with Gasteiger partial charge in [0, 0.05) is 18.6 Å². The van der Waals surface area contributed by atoms with E-state index >= 15 is 0 Å². The Kier molecular flexibility index (Phi) is 5.99. The number of carbonyl (C=O) groups is 2. The van der Waals surface area contributed by atoms with Gasteiger partial charge in [0.1, 0.15) is 9.84 Å². The number of rotatable bonds is 8. The molecule has 1 aliphatic heterocycles. The normalized spacial score (nSPS) is 14.3. The topological polar surface area (TPSA) is 106 Å². The van der Waals surface area contributed by atoms with E-state index < -0.39 is 33.4 Å². The van der Waals surface area contributed by atoms with Gasteiger partial charge in [-0.2, -0.15) is 0 Å². The van der Waals surface area contributed by atoms with Crippen molar-refractivity contribution in [1.82, 2.24) is 9.88 Å². The third-order valence-corrected chi connectivity index (χ3v) is 6.42. The van der Waals surface area contributed by atoms with Crippen LogP contribution in [0.3, 0.4) is 0 Å². The number of hydrogen-bond donors (Lipinski definition) is 1. The SMILES string of the molecule is CCOc1cc(C(CS(C)(=O)=O)N2C(=O)c3cccc(-c4cc[nH]c4)c3C2=O)ccc1OC. The zero-order chi connectivity index (χ0) is 23.8. The lowest BCUT2D eigenvalue weighted by molar-refractivity contribution is 0.0597. The number of aromatic amines is 1. The van der Waals surface area contributed by atoms with Gasteiger partial charge in [-0.15, -0.1) is 0 Å². The van der Waals surface area contributed by atoms with E-state index in [4.69, 9.17) is 9.47 Å². The second kappa shape index (κ2) is 8.74. The Morgan fingerprint density at radius 1 is 1.03 bits per heavy atom. The summed E-state index contributed by atoms with van der Waals surface area (Å²) in [5.41, 5.74) is 2.34. The molecule has 2 amide bonds. The van der Waals surface area contributed by atoms with E-state index in [-0.39, 0.29) is 11.1 Å². The minimum absolute atomic E-state index is 0.246. The second-order valence-electron chi connectivity index (χ2n) is 7.76.